The largest absolute Gasteiger partial charge is 0.395 e. The van der Waals surface area contributed by atoms with Crippen molar-refractivity contribution in [2.45, 2.75) is 18.2 Å². The van der Waals surface area contributed by atoms with Crippen LogP contribution < -0.4 is 0 Å². The number of rotatable bonds is 6. The maximum atomic E-state index is 12.6. The summed E-state index contributed by atoms with van der Waals surface area (Å²) < 4.78 is 26.5. The highest BCUT2D eigenvalue weighted by Crippen LogP contribution is 2.20. The van der Waals surface area contributed by atoms with Crippen LogP contribution in [0.3, 0.4) is 0 Å². The Morgan fingerprint density at radius 2 is 2.10 bits per heavy atom. The Morgan fingerprint density at radius 1 is 1.38 bits per heavy atom. The molecule has 0 spiro atoms. The van der Waals surface area contributed by atoms with Crippen LogP contribution in [0.4, 0.5) is 0 Å². The fraction of sp³-hybridized carbons (Fsp3) is 0.467. The smallest absolute Gasteiger partial charge is 0.243 e. The van der Waals surface area contributed by atoms with Gasteiger partial charge in [-0.15, -0.1) is 0 Å². The molecule has 6 heteroatoms. The van der Waals surface area contributed by atoms with Gasteiger partial charge in [0, 0.05) is 31.3 Å². The molecular formula is C15H21NO3S2. The van der Waals surface area contributed by atoms with Gasteiger partial charge in [-0.05, 0) is 30.9 Å². The number of thioether (sulfide) groups is 1. The summed E-state index contributed by atoms with van der Waals surface area (Å²) in [4.78, 5) is 0.293. The zero-order valence-electron chi connectivity index (χ0n) is 12.6. The first kappa shape index (κ1) is 18.1. The molecule has 1 aromatic carbocycles. The fourth-order valence-corrected chi connectivity index (χ4v) is 3.67. The van der Waals surface area contributed by atoms with Crippen LogP contribution in [0.1, 0.15) is 17.5 Å². The predicted octanol–water partition coefficient (Wildman–Crippen LogP) is 1.71. The molecule has 0 aliphatic heterocycles. The van der Waals surface area contributed by atoms with Crippen LogP contribution in [0.15, 0.2) is 23.1 Å². The molecule has 0 amide bonds. The number of aliphatic hydroxyl groups excluding tert-OH is 1. The lowest BCUT2D eigenvalue weighted by Crippen LogP contribution is -2.29. The highest BCUT2D eigenvalue weighted by atomic mass is 32.2. The standard InChI is InChI=1S/C15H21NO3S2/c1-13-7-8-14(6-4-5-10-17)12-15(13)21(18,19)16(2)9-11-20-3/h7-8,12,17H,5,9-11H2,1-3H3. The van der Waals surface area contributed by atoms with Crippen molar-refractivity contribution in [3.63, 3.8) is 0 Å². The molecule has 0 aliphatic carbocycles. The molecule has 0 radical (unpaired) electrons. The lowest BCUT2D eigenvalue weighted by molar-refractivity contribution is 0.305. The third-order valence-corrected chi connectivity index (χ3v) is 5.55. The number of nitrogens with zero attached hydrogens (tertiary/aromatic N) is 1. The van der Waals surface area contributed by atoms with E-state index >= 15 is 0 Å². The molecular weight excluding hydrogens is 306 g/mol. The zero-order chi connectivity index (χ0) is 15.9. The summed E-state index contributed by atoms with van der Waals surface area (Å²) in [5.41, 5.74) is 1.35. The van der Waals surface area contributed by atoms with E-state index < -0.39 is 10.0 Å². The number of aryl methyl sites for hydroxylation is 1. The van der Waals surface area contributed by atoms with Crippen LogP contribution >= 0.6 is 11.8 Å². The Hall–Kier alpha value is -1.00. The molecule has 0 fully saturated rings. The van der Waals surface area contributed by atoms with Gasteiger partial charge in [0.1, 0.15) is 0 Å². The van der Waals surface area contributed by atoms with Crippen molar-refractivity contribution < 1.29 is 13.5 Å². The van der Waals surface area contributed by atoms with E-state index in [1.54, 1.807) is 43.9 Å². The fourth-order valence-electron chi connectivity index (χ4n) is 1.68. The van der Waals surface area contributed by atoms with Gasteiger partial charge in [-0.1, -0.05) is 17.9 Å². The van der Waals surface area contributed by atoms with E-state index in [2.05, 4.69) is 11.8 Å². The van der Waals surface area contributed by atoms with Gasteiger partial charge >= 0.3 is 0 Å². The Bertz CT molecular complexity index is 630. The molecule has 0 aliphatic rings. The predicted molar refractivity (Wildman–Crippen MR) is 88.0 cm³/mol. The van der Waals surface area contributed by atoms with E-state index in [9.17, 15) is 8.42 Å². The maximum Gasteiger partial charge on any atom is 0.243 e. The summed E-state index contributed by atoms with van der Waals surface area (Å²) in [6.07, 6.45) is 2.33. The van der Waals surface area contributed by atoms with Crippen molar-refractivity contribution in [3.8, 4) is 11.8 Å². The Labute approximate surface area is 131 Å². The van der Waals surface area contributed by atoms with Crippen LogP contribution in [-0.4, -0.2) is 50.0 Å². The molecule has 21 heavy (non-hydrogen) atoms. The van der Waals surface area contributed by atoms with Gasteiger partial charge in [-0.2, -0.15) is 11.8 Å². The summed E-state index contributed by atoms with van der Waals surface area (Å²) in [5.74, 6) is 6.43. The van der Waals surface area contributed by atoms with Crippen molar-refractivity contribution in [1.82, 2.24) is 4.31 Å². The quantitative estimate of drug-likeness (QED) is 0.808. The molecule has 0 atom stereocenters. The van der Waals surface area contributed by atoms with E-state index in [-0.39, 0.29) is 6.61 Å². The third kappa shape index (κ3) is 5.04. The number of hydrogen-bond donors (Lipinski definition) is 1. The second-order valence-corrected chi connectivity index (χ2v) is 7.57. The van der Waals surface area contributed by atoms with E-state index in [0.29, 0.717) is 29.0 Å². The number of sulfonamides is 1. The summed E-state index contributed by atoms with van der Waals surface area (Å²) >= 11 is 1.61. The number of benzene rings is 1. The highest BCUT2D eigenvalue weighted by molar-refractivity contribution is 7.98. The molecule has 0 unspecified atom stereocenters. The van der Waals surface area contributed by atoms with E-state index in [4.69, 9.17) is 5.11 Å². The molecule has 4 nitrogen and oxygen atoms in total. The molecule has 116 valence electrons. The number of hydrogen-bond acceptors (Lipinski definition) is 4. The molecule has 0 saturated carbocycles. The minimum Gasteiger partial charge on any atom is -0.395 e. The van der Waals surface area contributed by atoms with Gasteiger partial charge in [0.05, 0.1) is 11.5 Å². The monoisotopic (exact) mass is 327 g/mol. The molecule has 1 N–H and O–H groups in total. The first-order valence-electron chi connectivity index (χ1n) is 6.59. The molecule has 1 aromatic rings. The number of aliphatic hydroxyl groups is 1. The average Bonchev–Trinajstić information content (AvgIpc) is 2.46. The van der Waals surface area contributed by atoms with E-state index in [0.717, 1.165) is 5.75 Å². The highest BCUT2D eigenvalue weighted by Gasteiger charge is 2.22. The van der Waals surface area contributed by atoms with Gasteiger partial charge in [0.2, 0.25) is 10.0 Å². The van der Waals surface area contributed by atoms with E-state index in [1.165, 1.54) is 4.31 Å². The minimum atomic E-state index is -3.49. The van der Waals surface area contributed by atoms with Gasteiger partial charge in [-0.25, -0.2) is 12.7 Å². The van der Waals surface area contributed by atoms with Crippen molar-refractivity contribution in [2.24, 2.45) is 0 Å². The maximum absolute atomic E-state index is 12.6. The molecule has 0 saturated heterocycles. The summed E-state index contributed by atoms with van der Waals surface area (Å²) in [6, 6.07) is 5.16. The van der Waals surface area contributed by atoms with Gasteiger partial charge in [-0.3, -0.25) is 0 Å². The topological polar surface area (TPSA) is 57.6 Å². The Morgan fingerprint density at radius 3 is 2.71 bits per heavy atom. The first-order chi connectivity index (χ1) is 9.93. The minimum absolute atomic E-state index is 0.00143. The van der Waals surface area contributed by atoms with Crippen molar-refractivity contribution in [3.05, 3.63) is 29.3 Å². The van der Waals surface area contributed by atoms with Gasteiger partial charge in [0.25, 0.3) is 0 Å². The van der Waals surface area contributed by atoms with Crippen molar-refractivity contribution in [2.75, 3.05) is 32.2 Å². The normalized spacial score (nSPS) is 11.3. The van der Waals surface area contributed by atoms with Crippen LogP contribution in [-0.2, 0) is 10.0 Å². The zero-order valence-corrected chi connectivity index (χ0v) is 14.2. The lowest BCUT2D eigenvalue weighted by atomic mass is 10.1. The van der Waals surface area contributed by atoms with Crippen LogP contribution in [0.25, 0.3) is 0 Å². The summed E-state index contributed by atoms with van der Waals surface area (Å²) in [5, 5.41) is 8.72. The van der Waals surface area contributed by atoms with Crippen molar-refractivity contribution in [1.29, 1.82) is 0 Å². The first-order valence-corrected chi connectivity index (χ1v) is 9.42. The van der Waals surface area contributed by atoms with Gasteiger partial charge < -0.3 is 5.11 Å². The lowest BCUT2D eigenvalue weighted by Gasteiger charge is -2.18. The second kappa shape index (κ2) is 8.44. The van der Waals surface area contributed by atoms with Crippen LogP contribution in [0.5, 0.6) is 0 Å². The van der Waals surface area contributed by atoms with Gasteiger partial charge in [0.15, 0.2) is 0 Å². The molecule has 0 aromatic heterocycles. The van der Waals surface area contributed by atoms with E-state index in [1.807, 2.05) is 6.26 Å². The molecule has 0 heterocycles. The second-order valence-electron chi connectivity index (χ2n) is 4.58. The molecule has 1 rings (SSSR count). The Kier molecular flexibility index (Phi) is 7.26. The van der Waals surface area contributed by atoms with Crippen LogP contribution in [0.2, 0.25) is 0 Å². The Balaban J connectivity index is 3.11. The average molecular weight is 327 g/mol. The SMILES string of the molecule is CSCCN(C)S(=O)(=O)c1cc(C#CCCO)ccc1C. The van der Waals surface area contributed by atoms with Crippen LogP contribution in [0, 0.1) is 18.8 Å². The van der Waals surface area contributed by atoms with Crippen molar-refractivity contribution >= 4 is 21.8 Å². The summed E-state index contributed by atoms with van der Waals surface area (Å²) in [7, 11) is -1.90. The third-order valence-electron chi connectivity index (χ3n) is 2.96. The molecule has 0 bridgehead atoms. The summed E-state index contributed by atoms with van der Waals surface area (Å²) in [6.45, 7) is 2.25.